The van der Waals surface area contributed by atoms with Gasteiger partial charge in [-0.15, -0.1) is 0 Å². The number of nitrogen functional groups attached to an aromatic ring is 1. The van der Waals surface area contributed by atoms with Gasteiger partial charge in [0.25, 0.3) is 0 Å². The normalized spacial score (nSPS) is 19.4. The van der Waals surface area contributed by atoms with Gasteiger partial charge in [0.1, 0.15) is 0 Å². The maximum Gasteiger partial charge on any atom is 0.227 e. The first-order valence-corrected chi connectivity index (χ1v) is 8.34. The summed E-state index contributed by atoms with van der Waals surface area (Å²) in [5.74, 6) is 0.885. The maximum absolute atomic E-state index is 12.7. The zero-order valence-corrected chi connectivity index (χ0v) is 13.0. The highest BCUT2D eigenvalue weighted by atomic mass is 16.2. The fourth-order valence-electron chi connectivity index (χ4n) is 3.76. The third-order valence-corrected chi connectivity index (χ3v) is 5.10. The highest BCUT2D eigenvalue weighted by Crippen LogP contribution is 2.34. The molecule has 0 atom stereocenters. The molecule has 1 aromatic rings. The van der Waals surface area contributed by atoms with E-state index in [9.17, 15) is 4.79 Å². The van der Waals surface area contributed by atoms with Crippen molar-refractivity contribution >= 4 is 17.3 Å². The number of benzene rings is 1. The molecule has 114 valence electrons. The van der Waals surface area contributed by atoms with E-state index in [0.717, 1.165) is 29.9 Å². The average Bonchev–Trinajstić information content (AvgIpc) is 2.69. The molecule has 3 nitrogen and oxygen atoms in total. The summed E-state index contributed by atoms with van der Waals surface area (Å²) in [6, 6.07) is 4.13. The number of nitrogens with zero attached hydrogens (tertiary/aromatic N) is 1. The third-order valence-electron chi connectivity index (χ3n) is 5.10. The molecule has 1 aliphatic carbocycles. The van der Waals surface area contributed by atoms with Crippen molar-refractivity contribution in [2.45, 2.75) is 58.3 Å². The molecule has 1 amide bonds. The molecule has 3 rings (SSSR count). The Morgan fingerprint density at radius 2 is 1.95 bits per heavy atom. The molecule has 0 aromatic heterocycles. The Hall–Kier alpha value is -1.51. The number of amides is 1. The quantitative estimate of drug-likeness (QED) is 0.663. The number of carbonyl (C=O) groups is 1. The van der Waals surface area contributed by atoms with Crippen LogP contribution in [-0.2, 0) is 11.2 Å². The van der Waals surface area contributed by atoms with Gasteiger partial charge in [-0.25, -0.2) is 0 Å². The van der Waals surface area contributed by atoms with Crippen LogP contribution in [0.5, 0.6) is 0 Å². The molecule has 1 aromatic carbocycles. The zero-order valence-electron chi connectivity index (χ0n) is 13.0. The van der Waals surface area contributed by atoms with Crippen LogP contribution in [0.3, 0.4) is 0 Å². The van der Waals surface area contributed by atoms with Crippen LogP contribution in [0.15, 0.2) is 12.1 Å². The lowest BCUT2D eigenvalue weighted by Gasteiger charge is -2.21. The van der Waals surface area contributed by atoms with E-state index in [1.54, 1.807) is 0 Å². The smallest absolute Gasteiger partial charge is 0.227 e. The van der Waals surface area contributed by atoms with Gasteiger partial charge in [-0.2, -0.15) is 0 Å². The minimum Gasteiger partial charge on any atom is -0.398 e. The number of hydrogen-bond acceptors (Lipinski definition) is 2. The van der Waals surface area contributed by atoms with Crippen LogP contribution >= 0.6 is 0 Å². The summed E-state index contributed by atoms with van der Waals surface area (Å²) in [6.45, 7) is 2.86. The molecule has 3 heteroatoms. The van der Waals surface area contributed by atoms with E-state index < -0.39 is 0 Å². The zero-order chi connectivity index (χ0) is 14.8. The van der Waals surface area contributed by atoms with Crippen LogP contribution in [0.25, 0.3) is 0 Å². The standard InChI is InChI=1S/C18H26N2O/c1-13-10-15-8-9-20(17(15)12-16(13)19)18(21)11-14-6-4-2-3-5-7-14/h10,12,14H,2-9,11,19H2,1H3. The van der Waals surface area contributed by atoms with Crippen LogP contribution in [-0.4, -0.2) is 12.5 Å². The van der Waals surface area contributed by atoms with Crippen molar-refractivity contribution in [2.24, 2.45) is 5.92 Å². The monoisotopic (exact) mass is 286 g/mol. The van der Waals surface area contributed by atoms with E-state index in [0.29, 0.717) is 18.2 Å². The van der Waals surface area contributed by atoms with Gasteiger partial charge in [-0.1, -0.05) is 31.7 Å². The Labute approximate surface area is 127 Å². The highest BCUT2D eigenvalue weighted by Gasteiger charge is 2.27. The number of rotatable bonds is 2. The minimum absolute atomic E-state index is 0.295. The number of hydrogen-bond donors (Lipinski definition) is 1. The summed E-state index contributed by atoms with van der Waals surface area (Å²) >= 11 is 0. The van der Waals surface area contributed by atoms with Gasteiger partial charge in [0.2, 0.25) is 5.91 Å². The van der Waals surface area contributed by atoms with Crippen molar-refractivity contribution in [1.82, 2.24) is 0 Å². The summed E-state index contributed by atoms with van der Waals surface area (Å²) in [5.41, 5.74) is 10.3. The lowest BCUT2D eigenvalue weighted by molar-refractivity contribution is -0.119. The van der Waals surface area contributed by atoms with E-state index in [2.05, 4.69) is 6.07 Å². The van der Waals surface area contributed by atoms with Gasteiger partial charge in [0, 0.05) is 24.3 Å². The SMILES string of the molecule is Cc1cc2c(cc1N)N(C(=O)CC1CCCCCC1)CC2. The van der Waals surface area contributed by atoms with E-state index in [-0.39, 0.29) is 0 Å². The molecule has 1 heterocycles. The lowest BCUT2D eigenvalue weighted by Crippen LogP contribution is -2.30. The van der Waals surface area contributed by atoms with E-state index >= 15 is 0 Å². The second-order valence-corrected chi connectivity index (χ2v) is 6.69. The van der Waals surface area contributed by atoms with Gasteiger partial charge < -0.3 is 10.6 Å². The van der Waals surface area contributed by atoms with Gasteiger partial charge in [0.05, 0.1) is 0 Å². The number of aryl methyl sites for hydroxylation is 1. The number of nitrogens with two attached hydrogens (primary N) is 1. The summed E-state index contributed by atoms with van der Waals surface area (Å²) in [5, 5.41) is 0. The molecule has 0 spiro atoms. The summed E-state index contributed by atoms with van der Waals surface area (Å²) in [6.07, 6.45) is 9.40. The highest BCUT2D eigenvalue weighted by molar-refractivity contribution is 5.96. The molecule has 0 bridgehead atoms. The first kappa shape index (κ1) is 14.4. The van der Waals surface area contributed by atoms with E-state index in [4.69, 9.17) is 5.73 Å². The largest absolute Gasteiger partial charge is 0.398 e. The van der Waals surface area contributed by atoms with Crippen LogP contribution in [0.4, 0.5) is 11.4 Å². The predicted molar refractivity (Wildman–Crippen MR) is 87.5 cm³/mol. The van der Waals surface area contributed by atoms with Crippen molar-refractivity contribution in [3.05, 3.63) is 23.3 Å². The third kappa shape index (κ3) is 3.07. The number of carbonyl (C=O) groups excluding carboxylic acids is 1. The van der Waals surface area contributed by atoms with Crippen molar-refractivity contribution in [3.8, 4) is 0 Å². The minimum atomic E-state index is 0.295. The van der Waals surface area contributed by atoms with Gasteiger partial charge in [-0.3, -0.25) is 4.79 Å². The van der Waals surface area contributed by atoms with Crippen molar-refractivity contribution in [1.29, 1.82) is 0 Å². The second kappa shape index (κ2) is 6.08. The van der Waals surface area contributed by atoms with Crippen LogP contribution in [0.2, 0.25) is 0 Å². The second-order valence-electron chi connectivity index (χ2n) is 6.69. The first-order valence-electron chi connectivity index (χ1n) is 8.34. The van der Waals surface area contributed by atoms with Crippen molar-refractivity contribution < 1.29 is 4.79 Å². The molecule has 1 fully saturated rings. The average molecular weight is 286 g/mol. The molecule has 2 N–H and O–H groups in total. The molecule has 0 saturated heterocycles. The Bertz CT molecular complexity index is 530. The van der Waals surface area contributed by atoms with Crippen molar-refractivity contribution in [2.75, 3.05) is 17.2 Å². The predicted octanol–water partition coefficient (Wildman–Crippen LogP) is 3.83. The van der Waals surface area contributed by atoms with Crippen LogP contribution < -0.4 is 10.6 Å². The Kier molecular flexibility index (Phi) is 4.18. The van der Waals surface area contributed by atoms with Crippen LogP contribution in [0.1, 0.15) is 56.1 Å². The molecular formula is C18H26N2O. The lowest BCUT2D eigenvalue weighted by atomic mass is 9.96. The molecule has 21 heavy (non-hydrogen) atoms. The van der Waals surface area contributed by atoms with Gasteiger partial charge in [-0.05, 0) is 49.3 Å². The Balaban J connectivity index is 1.71. The molecule has 0 radical (unpaired) electrons. The summed E-state index contributed by atoms with van der Waals surface area (Å²) in [7, 11) is 0. The summed E-state index contributed by atoms with van der Waals surface area (Å²) < 4.78 is 0. The molecule has 1 saturated carbocycles. The fourth-order valence-corrected chi connectivity index (χ4v) is 3.76. The number of fused-ring (bicyclic) bond motifs is 1. The molecule has 2 aliphatic rings. The molecule has 0 unspecified atom stereocenters. The topological polar surface area (TPSA) is 46.3 Å². The van der Waals surface area contributed by atoms with Crippen molar-refractivity contribution in [3.63, 3.8) is 0 Å². The van der Waals surface area contributed by atoms with Gasteiger partial charge >= 0.3 is 0 Å². The summed E-state index contributed by atoms with van der Waals surface area (Å²) in [4.78, 5) is 14.6. The first-order chi connectivity index (χ1) is 10.1. The Morgan fingerprint density at radius 3 is 2.67 bits per heavy atom. The number of anilines is 2. The van der Waals surface area contributed by atoms with E-state index in [1.165, 1.54) is 44.1 Å². The van der Waals surface area contributed by atoms with E-state index in [1.807, 2.05) is 17.9 Å². The molecular weight excluding hydrogens is 260 g/mol. The molecule has 1 aliphatic heterocycles. The van der Waals surface area contributed by atoms with Gasteiger partial charge in [0.15, 0.2) is 0 Å². The maximum atomic E-state index is 12.7. The fraction of sp³-hybridized carbons (Fsp3) is 0.611. The van der Waals surface area contributed by atoms with Crippen LogP contribution in [0, 0.1) is 12.8 Å². The Morgan fingerprint density at radius 1 is 1.24 bits per heavy atom.